The van der Waals surface area contributed by atoms with E-state index in [9.17, 15) is 5.53 Å². The predicted molar refractivity (Wildman–Crippen MR) is 177 cm³/mol. The molecule has 2 aromatic carbocycles. The van der Waals surface area contributed by atoms with Crippen LogP contribution in [0.3, 0.4) is 0 Å². The Morgan fingerprint density at radius 3 is 1.39 bits per heavy atom. The molecule has 0 spiro atoms. The van der Waals surface area contributed by atoms with Gasteiger partial charge in [-0.3, -0.25) is 0 Å². The number of aryl methyl sites for hydroxylation is 2. The summed E-state index contributed by atoms with van der Waals surface area (Å²) in [5.74, 6) is 0. The van der Waals surface area contributed by atoms with E-state index in [-0.39, 0.29) is 0 Å². The van der Waals surface area contributed by atoms with Crippen LogP contribution in [0.1, 0.15) is 141 Å². The van der Waals surface area contributed by atoms with E-state index in [2.05, 4.69) is 90.1 Å². The molecule has 0 saturated heterocycles. The molecule has 3 rings (SSSR count). The zero-order chi connectivity index (χ0) is 29.9. The van der Waals surface area contributed by atoms with E-state index in [0.29, 0.717) is 0 Å². The molecular weight excluding hydrogens is 591 g/mol. The molecule has 0 saturated carbocycles. The first-order valence-corrected chi connectivity index (χ1v) is 18.8. The van der Waals surface area contributed by atoms with E-state index in [0.717, 1.165) is 79.0 Å². The van der Waals surface area contributed by atoms with Gasteiger partial charge < -0.3 is 5.53 Å². The zero-order valence-corrected chi connectivity index (χ0v) is 28.7. The van der Waals surface area contributed by atoms with Crippen molar-refractivity contribution >= 4 is 11.4 Å². The van der Waals surface area contributed by atoms with Crippen LogP contribution in [0.15, 0.2) is 59.7 Å². The number of unbranched alkanes of at least 4 members (excludes halogenated alkanes) is 6. The van der Waals surface area contributed by atoms with Crippen molar-refractivity contribution in [3.8, 4) is 0 Å². The van der Waals surface area contributed by atoms with Crippen molar-refractivity contribution < 1.29 is 22.7 Å². The summed E-state index contributed by atoms with van der Waals surface area (Å²) in [6.45, 7) is 13.5. The van der Waals surface area contributed by atoms with E-state index in [1.807, 2.05) is 0 Å². The Bertz CT molecular complexity index is 1110. The Labute approximate surface area is 261 Å². The average molecular weight is 649 g/mol. The van der Waals surface area contributed by atoms with Gasteiger partial charge in [-0.2, -0.15) is 0 Å². The Balaban J connectivity index is 0.00000108. The molecule has 0 amide bonds. The molecule has 0 radical (unpaired) electrons. The molecule has 0 unspecified atom stereocenters. The summed E-state index contributed by atoms with van der Waals surface area (Å²) in [5, 5.41) is 0. The molecule has 1 aliphatic rings. The van der Waals surface area contributed by atoms with Crippen LogP contribution in [0.2, 0.25) is 9.79 Å². The van der Waals surface area contributed by atoms with Gasteiger partial charge in [-0.1, -0.05) is 90.5 Å². The third-order valence-corrected chi connectivity index (χ3v) is 9.33. The molecule has 2 aromatic rings. The van der Waals surface area contributed by atoms with E-state index in [1.165, 1.54) is 83.4 Å². The summed E-state index contributed by atoms with van der Waals surface area (Å²) in [6.07, 6.45) is 16.3. The summed E-state index contributed by atoms with van der Waals surface area (Å²) < 4.78 is 1.55. The fraction of sp³-hybridized carbons (Fsp3) is 0.579. The van der Waals surface area contributed by atoms with Crippen molar-refractivity contribution in [2.24, 2.45) is 0 Å². The minimum absolute atomic E-state index is 1.02. The second-order valence-corrected chi connectivity index (χ2v) is 14.1. The maximum absolute atomic E-state index is 11.8. The van der Waals surface area contributed by atoms with Gasteiger partial charge in [0.05, 0.1) is 0 Å². The van der Waals surface area contributed by atoms with Gasteiger partial charge in [-0.15, -0.1) is 0 Å². The molecule has 1 heterocycles. The molecule has 2 nitrogen and oxygen atoms in total. The Morgan fingerprint density at radius 1 is 0.537 bits per heavy atom. The van der Waals surface area contributed by atoms with Crippen molar-refractivity contribution in [2.75, 3.05) is 0 Å². The second-order valence-electron chi connectivity index (χ2n) is 11.1. The monoisotopic (exact) mass is 648 g/mol. The Hall–Kier alpha value is -1.82. The molecule has 0 bridgehead atoms. The van der Waals surface area contributed by atoms with E-state index >= 15 is 0 Å². The fourth-order valence-corrected chi connectivity index (χ4v) is 6.31. The summed E-state index contributed by atoms with van der Waals surface area (Å²) >= 11 is 1.04. The summed E-state index contributed by atoms with van der Waals surface area (Å²) in [7, 11) is 0. The van der Waals surface area contributed by atoms with Crippen molar-refractivity contribution in [3.05, 3.63) is 87.5 Å². The molecule has 0 fully saturated rings. The molecule has 41 heavy (non-hydrogen) atoms. The van der Waals surface area contributed by atoms with Gasteiger partial charge in [0.25, 0.3) is 0 Å². The first kappa shape index (κ1) is 35.4. The number of hydrogen-bond donors (Lipinski definition) is 0. The molecular formula is C38H58N2Pd. The van der Waals surface area contributed by atoms with Gasteiger partial charge in [-0.25, -0.2) is 4.70 Å². The minimum atomic E-state index is 1.02. The van der Waals surface area contributed by atoms with Gasteiger partial charge in [0, 0.05) is 22.3 Å². The van der Waals surface area contributed by atoms with Crippen LogP contribution >= 0.6 is 0 Å². The molecule has 0 atom stereocenters. The predicted octanol–water partition coefficient (Wildman–Crippen LogP) is 12.6. The van der Waals surface area contributed by atoms with Crippen LogP contribution < -0.4 is 0 Å². The van der Waals surface area contributed by atoms with Gasteiger partial charge in [0.2, 0.25) is 11.4 Å². The Kier molecular flexibility index (Phi) is 18.1. The zero-order valence-electron chi connectivity index (χ0n) is 27.1. The SMILES string of the molecule is CCCCCCC1=C(c2cccc(CCCC)c2)[N+](=[N-])C(c2cccc(CCCC)c2)=C1CCCC.C[CH2][Pd][CH2]C. The van der Waals surface area contributed by atoms with Crippen LogP contribution in [0.25, 0.3) is 16.9 Å². The Morgan fingerprint density at radius 2 is 0.976 bits per heavy atom. The normalized spacial score (nSPS) is 13.3. The summed E-state index contributed by atoms with van der Waals surface area (Å²) in [5.41, 5.74) is 21.6. The van der Waals surface area contributed by atoms with E-state index in [1.54, 1.807) is 4.70 Å². The van der Waals surface area contributed by atoms with Crippen LogP contribution in [0.4, 0.5) is 0 Å². The standard InChI is InChI=1S/C34H48N2.2C2H5.Pd/c1-5-9-13-14-24-32-31(23-12-8-4)33(29-21-15-19-27(25-29)17-10-6-2)36(35)34(32)30-22-16-20-28(26-30)18-11-7-3;2*1-2;/h15-16,19-22,25-26H,5-14,17-18,23-24H2,1-4H3;2*1H2,2H3;. The maximum atomic E-state index is 11.8. The van der Waals surface area contributed by atoms with Crippen LogP contribution in [-0.4, -0.2) is 4.70 Å². The third-order valence-electron chi connectivity index (χ3n) is 7.78. The molecule has 230 valence electrons. The van der Waals surface area contributed by atoms with Gasteiger partial charge in [0.1, 0.15) is 0 Å². The molecule has 0 aromatic heterocycles. The van der Waals surface area contributed by atoms with Gasteiger partial charge >= 0.3 is 41.6 Å². The molecule has 0 N–H and O–H groups in total. The third kappa shape index (κ3) is 11.4. The van der Waals surface area contributed by atoms with Gasteiger partial charge in [0.15, 0.2) is 0 Å². The van der Waals surface area contributed by atoms with Crippen LogP contribution in [0, 0.1) is 0 Å². The first-order chi connectivity index (χ1) is 20.1. The van der Waals surface area contributed by atoms with Crippen LogP contribution in [0.5, 0.6) is 0 Å². The summed E-state index contributed by atoms with van der Waals surface area (Å²) in [6, 6.07) is 17.8. The topological polar surface area (TPSA) is 25.3 Å². The fourth-order valence-electron chi connectivity index (χ4n) is 5.54. The number of nitrogens with zero attached hydrogens (tertiary/aromatic N) is 2. The first-order valence-electron chi connectivity index (χ1n) is 16.6. The molecule has 3 heteroatoms. The van der Waals surface area contributed by atoms with Crippen molar-refractivity contribution in [2.45, 2.75) is 141 Å². The summed E-state index contributed by atoms with van der Waals surface area (Å²) in [4.78, 5) is 2.79. The molecule has 1 aliphatic heterocycles. The second kappa shape index (κ2) is 21.0. The van der Waals surface area contributed by atoms with Crippen molar-refractivity contribution in [3.63, 3.8) is 0 Å². The van der Waals surface area contributed by atoms with Gasteiger partial charge in [-0.05, 0) is 86.8 Å². The number of hydrogen-bond acceptors (Lipinski definition) is 0. The number of allylic oxidation sites excluding steroid dienone is 2. The quantitative estimate of drug-likeness (QED) is 0.0873. The number of benzene rings is 2. The van der Waals surface area contributed by atoms with E-state index < -0.39 is 0 Å². The van der Waals surface area contributed by atoms with E-state index in [4.69, 9.17) is 0 Å². The van der Waals surface area contributed by atoms with Crippen molar-refractivity contribution in [1.29, 1.82) is 0 Å². The molecule has 0 aliphatic carbocycles. The van der Waals surface area contributed by atoms with Crippen LogP contribution in [-0.2, 0) is 30.8 Å². The van der Waals surface area contributed by atoms with Crippen molar-refractivity contribution in [1.82, 2.24) is 0 Å². The average Bonchev–Trinajstić information content (AvgIpc) is 3.27. The number of rotatable bonds is 18.